The molecule has 0 aliphatic rings. The minimum atomic E-state index is -0.516. The van der Waals surface area contributed by atoms with Gasteiger partial charge in [-0.1, -0.05) is 18.2 Å². The summed E-state index contributed by atoms with van der Waals surface area (Å²) in [5, 5.41) is 2.70. The molecule has 0 aliphatic heterocycles. The van der Waals surface area contributed by atoms with E-state index in [-0.39, 0.29) is 18.9 Å². The van der Waals surface area contributed by atoms with Gasteiger partial charge in [0.15, 0.2) is 6.61 Å². The Labute approximate surface area is 158 Å². The van der Waals surface area contributed by atoms with Crippen molar-refractivity contribution in [2.24, 2.45) is 0 Å². The SMILES string of the molecule is COc1ccc(CNC(=O)COC(=O)Cc2ccc(OC)cc2OC)cc1. The molecule has 0 fully saturated rings. The van der Waals surface area contributed by atoms with E-state index in [9.17, 15) is 9.59 Å². The Balaban J connectivity index is 1.78. The third-order valence-electron chi connectivity index (χ3n) is 3.84. The van der Waals surface area contributed by atoms with E-state index >= 15 is 0 Å². The number of methoxy groups -OCH3 is 3. The highest BCUT2D eigenvalue weighted by atomic mass is 16.5. The van der Waals surface area contributed by atoms with Gasteiger partial charge in [-0.15, -0.1) is 0 Å². The van der Waals surface area contributed by atoms with Crippen LogP contribution in [0.3, 0.4) is 0 Å². The van der Waals surface area contributed by atoms with Gasteiger partial charge in [0, 0.05) is 18.2 Å². The lowest BCUT2D eigenvalue weighted by atomic mass is 10.1. The Morgan fingerprint density at radius 2 is 1.56 bits per heavy atom. The van der Waals surface area contributed by atoms with Gasteiger partial charge in [0.1, 0.15) is 17.2 Å². The van der Waals surface area contributed by atoms with Crippen LogP contribution in [0.2, 0.25) is 0 Å². The number of rotatable bonds is 9. The Bertz CT molecular complexity index is 773. The van der Waals surface area contributed by atoms with Gasteiger partial charge < -0.3 is 24.3 Å². The summed E-state index contributed by atoms with van der Waals surface area (Å²) in [6.07, 6.45) is -0.00106. The molecule has 2 aromatic rings. The number of carbonyl (C=O) groups excluding carboxylic acids is 2. The Morgan fingerprint density at radius 1 is 0.889 bits per heavy atom. The largest absolute Gasteiger partial charge is 0.497 e. The smallest absolute Gasteiger partial charge is 0.310 e. The zero-order chi connectivity index (χ0) is 19.6. The number of benzene rings is 2. The number of hydrogen-bond donors (Lipinski definition) is 1. The van der Waals surface area contributed by atoms with Gasteiger partial charge >= 0.3 is 5.97 Å². The molecule has 2 rings (SSSR count). The highest BCUT2D eigenvalue weighted by molar-refractivity contribution is 5.81. The molecule has 7 heteroatoms. The first-order valence-electron chi connectivity index (χ1n) is 8.32. The van der Waals surface area contributed by atoms with Crippen LogP contribution in [-0.2, 0) is 27.3 Å². The van der Waals surface area contributed by atoms with E-state index in [2.05, 4.69) is 5.32 Å². The molecule has 0 spiro atoms. The van der Waals surface area contributed by atoms with Crippen molar-refractivity contribution >= 4 is 11.9 Å². The van der Waals surface area contributed by atoms with Crippen molar-refractivity contribution in [3.63, 3.8) is 0 Å². The first-order chi connectivity index (χ1) is 13.0. The van der Waals surface area contributed by atoms with E-state index in [0.717, 1.165) is 11.3 Å². The molecule has 0 atom stereocenters. The van der Waals surface area contributed by atoms with Crippen molar-refractivity contribution in [1.29, 1.82) is 0 Å². The van der Waals surface area contributed by atoms with Crippen molar-refractivity contribution in [3.8, 4) is 17.2 Å². The average molecular weight is 373 g/mol. The zero-order valence-corrected chi connectivity index (χ0v) is 15.6. The maximum absolute atomic E-state index is 12.0. The van der Waals surface area contributed by atoms with Crippen LogP contribution in [0, 0.1) is 0 Å². The van der Waals surface area contributed by atoms with E-state index in [4.69, 9.17) is 18.9 Å². The highest BCUT2D eigenvalue weighted by Gasteiger charge is 2.13. The third kappa shape index (κ3) is 6.22. The first-order valence-corrected chi connectivity index (χ1v) is 8.32. The molecule has 2 aromatic carbocycles. The van der Waals surface area contributed by atoms with Crippen molar-refractivity contribution in [2.45, 2.75) is 13.0 Å². The van der Waals surface area contributed by atoms with E-state index in [0.29, 0.717) is 23.6 Å². The van der Waals surface area contributed by atoms with Crippen LogP contribution in [0.5, 0.6) is 17.2 Å². The molecule has 7 nitrogen and oxygen atoms in total. The molecule has 0 aliphatic carbocycles. The Kier molecular flexibility index (Phi) is 7.49. The fourth-order valence-electron chi connectivity index (χ4n) is 2.35. The predicted octanol–water partition coefficient (Wildman–Crippen LogP) is 2.11. The molecule has 0 unspecified atom stereocenters. The summed E-state index contributed by atoms with van der Waals surface area (Å²) in [5.74, 6) is 1.00. The molecule has 0 aromatic heterocycles. The molecular formula is C20H23NO6. The summed E-state index contributed by atoms with van der Waals surface area (Å²) in [6.45, 7) is 0.000138. The van der Waals surface area contributed by atoms with E-state index in [1.807, 2.05) is 24.3 Å². The summed E-state index contributed by atoms with van der Waals surface area (Å²) < 4.78 is 20.5. The normalized spacial score (nSPS) is 10.0. The van der Waals surface area contributed by atoms with Crippen molar-refractivity contribution in [3.05, 3.63) is 53.6 Å². The monoisotopic (exact) mass is 373 g/mol. The molecule has 0 heterocycles. The standard InChI is InChI=1S/C20H23NO6/c1-24-16-7-4-14(5-8-16)12-21-19(22)13-27-20(23)10-15-6-9-17(25-2)11-18(15)26-3/h4-9,11H,10,12-13H2,1-3H3,(H,21,22). The van der Waals surface area contributed by atoms with E-state index in [1.54, 1.807) is 32.4 Å². The molecule has 0 radical (unpaired) electrons. The molecule has 0 bridgehead atoms. The van der Waals surface area contributed by atoms with Gasteiger partial charge in [0.25, 0.3) is 5.91 Å². The molecule has 144 valence electrons. The Morgan fingerprint density at radius 3 is 2.19 bits per heavy atom. The number of hydrogen-bond acceptors (Lipinski definition) is 6. The maximum atomic E-state index is 12.0. The van der Waals surface area contributed by atoms with Crippen LogP contribution >= 0.6 is 0 Å². The average Bonchev–Trinajstić information content (AvgIpc) is 2.71. The van der Waals surface area contributed by atoms with Gasteiger partial charge in [-0.3, -0.25) is 9.59 Å². The van der Waals surface area contributed by atoms with Crippen LogP contribution in [-0.4, -0.2) is 39.8 Å². The number of nitrogens with one attached hydrogen (secondary N) is 1. The van der Waals surface area contributed by atoms with Crippen LogP contribution in [0.4, 0.5) is 0 Å². The summed E-state index contributed by atoms with van der Waals surface area (Å²) >= 11 is 0. The van der Waals surface area contributed by atoms with Crippen LogP contribution in [0.15, 0.2) is 42.5 Å². The third-order valence-corrected chi connectivity index (χ3v) is 3.84. The van der Waals surface area contributed by atoms with Gasteiger partial charge in [0.2, 0.25) is 0 Å². The Hall–Kier alpha value is -3.22. The lowest BCUT2D eigenvalue weighted by Crippen LogP contribution is -2.28. The summed E-state index contributed by atoms with van der Waals surface area (Å²) in [6, 6.07) is 12.5. The maximum Gasteiger partial charge on any atom is 0.310 e. The van der Waals surface area contributed by atoms with Gasteiger partial charge in [-0.2, -0.15) is 0 Å². The van der Waals surface area contributed by atoms with Crippen LogP contribution in [0.1, 0.15) is 11.1 Å². The minimum absolute atomic E-state index is 0.00106. The van der Waals surface area contributed by atoms with Crippen LogP contribution < -0.4 is 19.5 Å². The molecule has 0 saturated carbocycles. The van der Waals surface area contributed by atoms with Crippen LogP contribution in [0.25, 0.3) is 0 Å². The minimum Gasteiger partial charge on any atom is -0.497 e. The number of esters is 1. The lowest BCUT2D eigenvalue weighted by molar-refractivity contribution is -0.147. The van der Waals surface area contributed by atoms with E-state index in [1.165, 1.54) is 7.11 Å². The second-order valence-corrected chi connectivity index (χ2v) is 5.64. The van der Waals surface area contributed by atoms with Gasteiger partial charge in [0.05, 0.1) is 27.8 Å². The summed E-state index contributed by atoms with van der Waals surface area (Å²) in [4.78, 5) is 23.8. The van der Waals surface area contributed by atoms with Crippen molar-refractivity contribution in [2.75, 3.05) is 27.9 Å². The summed E-state index contributed by atoms with van der Waals surface area (Å²) in [5.41, 5.74) is 1.57. The highest BCUT2D eigenvalue weighted by Crippen LogP contribution is 2.25. The van der Waals surface area contributed by atoms with E-state index < -0.39 is 5.97 Å². The second kappa shape index (κ2) is 10.1. The van der Waals surface area contributed by atoms with Gasteiger partial charge in [-0.05, 0) is 23.8 Å². The number of amides is 1. The molecule has 27 heavy (non-hydrogen) atoms. The molecular weight excluding hydrogens is 350 g/mol. The first kappa shape index (κ1) is 20.1. The molecule has 0 saturated heterocycles. The lowest BCUT2D eigenvalue weighted by Gasteiger charge is -2.10. The van der Waals surface area contributed by atoms with Gasteiger partial charge in [-0.25, -0.2) is 0 Å². The fraction of sp³-hybridized carbons (Fsp3) is 0.300. The molecule has 1 N–H and O–H groups in total. The topological polar surface area (TPSA) is 83.1 Å². The predicted molar refractivity (Wildman–Crippen MR) is 99.0 cm³/mol. The van der Waals surface area contributed by atoms with Crippen molar-refractivity contribution < 1.29 is 28.5 Å². The quantitative estimate of drug-likeness (QED) is 0.678. The fourth-order valence-corrected chi connectivity index (χ4v) is 2.35. The summed E-state index contributed by atoms with van der Waals surface area (Å²) in [7, 11) is 4.65. The zero-order valence-electron chi connectivity index (χ0n) is 15.6. The number of ether oxygens (including phenoxy) is 4. The molecule has 1 amide bonds. The second-order valence-electron chi connectivity index (χ2n) is 5.64. The number of carbonyl (C=O) groups is 2. The van der Waals surface area contributed by atoms with Crippen molar-refractivity contribution in [1.82, 2.24) is 5.32 Å².